The first-order valence-corrected chi connectivity index (χ1v) is 5.16. The van der Waals surface area contributed by atoms with Crippen LogP contribution in [0.2, 0.25) is 0 Å². The molecule has 0 aliphatic carbocycles. The van der Waals surface area contributed by atoms with E-state index in [0.29, 0.717) is 5.56 Å². The molecule has 0 aliphatic heterocycles. The van der Waals surface area contributed by atoms with Crippen LogP contribution in [0.4, 0.5) is 13.2 Å². The number of aliphatic hydroxyl groups excluding tert-OH is 1. The van der Waals surface area contributed by atoms with Crippen LogP contribution in [0.25, 0.3) is 6.08 Å². The van der Waals surface area contributed by atoms with E-state index in [1.54, 1.807) is 6.07 Å². The first kappa shape index (κ1) is 14.2. The van der Waals surface area contributed by atoms with Crippen molar-refractivity contribution in [2.75, 3.05) is 6.54 Å². The summed E-state index contributed by atoms with van der Waals surface area (Å²) in [5.41, 5.74) is 0.472. The van der Waals surface area contributed by atoms with Crippen molar-refractivity contribution < 1.29 is 23.1 Å². The third-order valence-electron chi connectivity index (χ3n) is 2.05. The molecular weight excluding hydrogens is 247 g/mol. The molecule has 18 heavy (non-hydrogen) atoms. The molecule has 1 aromatic carbocycles. The van der Waals surface area contributed by atoms with Crippen molar-refractivity contribution in [3.05, 3.63) is 41.7 Å². The van der Waals surface area contributed by atoms with Crippen LogP contribution in [0.15, 0.2) is 30.3 Å². The van der Waals surface area contributed by atoms with Crippen LogP contribution < -0.4 is 5.32 Å². The Hall–Kier alpha value is -1.82. The molecule has 6 heteroatoms. The van der Waals surface area contributed by atoms with Crippen molar-refractivity contribution in [3.8, 4) is 0 Å². The number of carbonyl (C=O) groups is 1. The van der Waals surface area contributed by atoms with Gasteiger partial charge in [0, 0.05) is 12.6 Å². The number of rotatable bonds is 5. The normalized spacial score (nSPS) is 12.9. The number of aliphatic hydroxyl groups is 1. The van der Waals surface area contributed by atoms with Gasteiger partial charge in [0.2, 0.25) is 5.91 Å². The minimum atomic E-state index is -2.91. The summed E-state index contributed by atoms with van der Waals surface area (Å²) in [6, 6.07) is 5.54. The molecule has 98 valence electrons. The highest BCUT2D eigenvalue weighted by Gasteiger charge is 2.16. The van der Waals surface area contributed by atoms with Gasteiger partial charge in [-0.1, -0.05) is 12.1 Å². The molecule has 0 bridgehead atoms. The fraction of sp³-hybridized carbons (Fsp3) is 0.250. The van der Waals surface area contributed by atoms with Gasteiger partial charge in [-0.2, -0.15) is 0 Å². The standard InChI is InChI=1S/C12H12F3NO2/c13-9-3-1-2-8(6-9)4-5-11(18)16-7-10(17)12(14)15/h1-6,10,12,17H,7H2,(H,16,18)/b5-4+. The summed E-state index contributed by atoms with van der Waals surface area (Å²) in [7, 11) is 0. The number of alkyl halides is 2. The topological polar surface area (TPSA) is 49.3 Å². The number of halogens is 3. The third kappa shape index (κ3) is 5.01. The zero-order valence-corrected chi connectivity index (χ0v) is 9.32. The Balaban J connectivity index is 2.45. The summed E-state index contributed by atoms with van der Waals surface area (Å²) in [4.78, 5) is 11.2. The molecule has 1 unspecified atom stereocenters. The second-order valence-corrected chi connectivity index (χ2v) is 3.54. The minimum absolute atomic E-state index is 0.439. The van der Waals surface area contributed by atoms with Crippen molar-refractivity contribution in [1.82, 2.24) is 5.32 Å². The van der Waals surface area contributed by atoms with Crippen molar-refractivity contribution >= 4 is 12.0 Å². The van der Waals surface area contributed by atoms with Crippen molar-refractivity contribution in [1.29, 1.82) is 0 Å². The van der Waals surface area contributed by atoms with Gasteiger partial charge < -0.3 is 10.4 Å². The highest BCUT2D eigenvalue weighted by Crippen LogP contribution is 2.05. The van der Waals surface area contributed by atoms with E-state index in [4.69, 9.17) is 5.11 Å². The molecule has 1 atom stereocenters. The molecule has 1 aromatic rings. The van der Waals surface area contributed by atoms with Gasteiger partial charge in [-0.15, -0.1) is 0 Å². The number of carbonyl (C=O) groups excluding carboxylic acids is 1. The predicted molar refractivity (Wildman–Crippen MR) is 60.5 cm³/mol. The SMILES string of the molecule is O=C(/C=C/c1cccc(F)c1)NCC(O)C(F)F. The van der Waals surface area contributed by atoms with Crippen LogP contribution in [0.1, 0.15) is 5.56 Å². The Morgan fingerprint density at radius 3 is 2.78 bits per heavy atom. The van der Waals surface area contributed by atoms with Gasteiger partial charge in [0.1, 0.15) is 11.9 Å². The number of benzene rings is 1. The fourth-order valence-electron chi connectivity index (χ4n) is 1.14. The van der Waals surface area contributed by atoms with E-state index in [0.717, 1.165) is 6.08 Å². The Morgan fingerprint density at radius 2 is 2.17 bits per heavy atom. The maximum atomic E-state index is 12.8. The number of nitrogens with one attached hydrogen (secondary N) is 1. The number of hydrogen-bond acceptors (Lipinski definition) is 2. The molecule has 0 aliphatic rings. The highest BCUT2D eigenvalue weighted by molar-refractivity contribution is 5.91. The van der Waals surface area contributed by atoms with Crippen LogP contribution in [0, 0.1) is 5.82 Å². The lowest BCUT2D eigenvalue weighted by Gasteiger charge is -2.08. The zero-order chi connectivity index (χ0) is 13.5. The molecule has 1 amide bonds. The molecule has 2 N–H and O–H groups in total. The molecule has 0 heterocycles. The summed E-state index contributed by atoms with van der Waals surface area (Å²) in [5.74, 6) is -1.08. The number of amides is 1. The number of hydrogen-bond donors (Lipinski definition) is 2. The maximum absolute atomic E-state index is 12.8. The quantitative estimate of drug-likeness (QED) is 0.789. The smallest absolute Gasteiger partial charge is 0.265 e. The molecular formula is C12H12F3NO2. The first-order valence-electron chi connectivity index (χ1n) is 5.16. The van der Waals surface area contributed by atoms with Gasteiger partial charge in [0.05, 0.1) is 0 Å². The summed E-state index contributed by atoms with van der Waals surface area (Å²) in [6.45, 7) is -0.538. The van der Waals surface area contributed by atoms with Crippen molar-refractivity contribution in [2.45, 2.75) is 12.5 Å². The molecule has 0 fully saturated rings. The van der Waals surface area contributed by atoms with E-state index < -0.39 is 30.8 Å². The summed E-state index contributed by atoms with van der Waals surface area (Å²) in [6.07, 6.45) is -2.38. The second kappa shape index (κ2) is 6.80. The van der Waals surface area contributed by atoms with Gasteiger partial charge in [0.15, 0.2) is 0 Å². The lowest BCUT2D eigenvalue weighted by Crippen LogP contribution is -2.34. The van der Waals surface area contributed by atoms with E-state index in [1.807, 2.05) is 0 Å². The summed E-state index contributed by atoms with van der Waals surface area (Å²) in [5, 5.41) is 10.9. The minimum Gasteiger partial charge on any atom is -0.385 e. The summed E-state index contributed by atoms with van der Waals surface area (Å²) < 4.78 is 36.6. The fourth-order valence-corrected chi connectivity index (χ4v) is 1.14. The van der Waals surface area contributed by atoms with Crippen molar-refractivity contribution in [3.63, 3.8) is 0 Å². The van der Waals surface area contributed by atoms with Crippen LogP contribution in [-0.4, -0.2) is 30.1 Å². The average Bonchev–Trinajstić information content (AvgIpc) is 2.33. The van der Waals surface area contributed by atoms with Crippen LogP contribution >= 0.6 is 0 Å². The maximum Gasteiger partial charge on any atom is 0.265 e. The van der Waals surface area contributed by atoms with Gasteiger partial charge >= 0.3 is 0 Å². The molecule has 0 radical (unpaired) electrons. The lowest BCUT2D eigenvalue weighted by molar-refractivity contribution is -0.117. The molecule has 0 spiro atoms. The van der Waals surface area contributed by atoms with E-state index in [1.165, 1.54) is 24.3 Å². The Labute approximate surface area is 102 Å². The predicted octanol–water partition coefficient (Wildman–Crippen LogP) is 1.58. The van der Waals surface area contributed by atoms with Gasteiger partial charge in [-0.25, -0.2) is 13.2 Å². The Kier molecular flexibility index (Phi) is 5.38. The molecule has 3 nitrogen and oxygen atoms in total. The van der Waals surface area contributed by atoms with E-state index >= 15 is 0 Å². The lowest BCUT2D eigenvalue weighted by atomic mass is 10.2. The van der Waals surface area contributed by atoms with Crippen LogP contribution in [-0.2, 0) is 4.79 Å². The summed E-state index contributed by atoms with van der Waals surface area (Å²) >= 11 is 0. The van der Waals surface area contributed by atoms with E-state index in [9.17, 15) is 18.0 Å². The molecule has 0 saturated carbocycles. The van der Waals surface area contributed by atoms with E-state index in [2.05, 4.69) is 5.32 Å². The van der Waals surface area contributed by atoms with Gasteiger partial charge in [-0.05, 0) is 23.8 Å². The second-order valence-electron chi connectivity index (χ2n) is 3.54. The zero-order valence-electron chi connectivity index (χ0n) is 9.32. The molecule has 0 aromatic heterocycles. The molecule has 0 saturated heterocycles. The third-order valence-corrected chi connectivity index (χ3v) is 2.05. The van der Waals surface area contributed by atoms with Gasteiger partial charge in [0.25, 0.3) is 6.43 Å². The molecule has 1 rings (SSSR count). The Bertz CT molecular complexity index is 435. The van der Waals surface area contributed by atoms with Gasteiger partial charge in [-0.3, -0.25) is 4.79 Å². The van der Waals surface area contributed by atoms with Crippen LogP contribution in [0.3, 0.4) is 0 Å². The highest BCUT2D eigenvalue weighted by atomic mass is 19.3. The Morgan fingerprint density at radius 1 is 1.44 bits per heavy atom. The van der Waals surface area contributed by atoms with Crippen LogP contribution in [0.5, 0.6) is 0 Å². The largest absolute Gasteiger partial charge is 0.385 e. The first-order chi connectivity index (χ1) is 8.49. The average molecular weight is 259 g/mol. The monoisotopic (exact) mass is 259 g/mol. The van der Waals surface area contributed by atoms with Crippen molar-refractivity contribution in [2.24, 2.45) is 0 Å². The van der Waals surface area contributed by atoms with E-state index in [-0.39, 0.29) is 0 Å².